The highest BCUT2D eigenvalue weighted by atomic mass is 35.5. The normalized spacial score (nSPS) is 21.9. The van der Waals surface area contributed by atoms with Crippen molar-refractivity contribution in [3.05, 3.63) is 29.3 Å². The Morgan fingerprint density at radius 2 is 1.80 bits per heavy atom. The van der Waals surface area contributed by atoms with Gasteiger partial charge >= 0.3 is 0 Å². The Bertz CT molecular complexity index is 553. The SMILES string of the molecule is O=C1CN(c2ccccc2Cl)C(=O)C2(CCCCC2)N1. The highest BCUT2D eigenvalue weighted by molar-refractivity contribution is 6.34. The number of nitrogens with one attached hydrogen (secondary N) is 1. The zero-order chi connectivity index (χ0) is 14.2. The van der Waals surface area contributed by atoms with E-state index < -0.39 is 5.54 Å². The van der Waals surface area contributed by atoms with Gasteiger partial charge in [0.15, 0.2) is 0 Å². The zero-order valence-corrected chi connectivity index (χ0v) is 11.9. The Balaban J connectivity index is 1.97. The largest absolute Gasteiger partial charge is 0.340 e. The van der Waals surface area contributed by atoms with Crippen LogP contribution < -0.4 is 10.2 Å². The van der Waals surface area contributed by atoms with Gasteiger partial charge in [-0.15, -0.1) is 0 Å². The molecule has 20 heavy (non-hydrogen) atoms. The van der Waals surface area contributed by atoms with Crippen molar-refractivity contribution in [3.8, 4) is 0 Å². The lowest BCUT2D eigenvalue weighted by Crippen LogP contribution is -2.67. The smallest absolute Gasteiger partial charge is 0.253 e. The summed E-state index contributed by atoms with van der Waals surface area (Å²) in [5.41, 5.74) is -0.0915. The lowest BCUT2D eigenvalue weighted by Gasteiger charge is -2.44. The van der Waals surface area contributed by atoms with Gasteiger partial charge in [-0.2, -0.15) is 0 Å². The van der Waals surface area contributed by atoms with Crippen LogP contribution in [0.2, 0.25) is 5.02 Å². The number of anilines is 1. The maximum Gasteiger partial charge on any atom is 0.253 e. The first-order chi connectivity index (χ1) is 9.62. The maximum absolute atomic E-state index is 12.9. The summed E-state index contributed by atoms with van der Waals surface area (Å²) >= 11 is 6.17. The number of hydrogen-bond donors (Lipinski definition) is 1. The molecule has 1 saturated heterocycles. The number of carbonyl (C=O) groups is 2. The van der Waals surface area contributed by atoms with Crippen LogP contribution in [-0.2, 0) is 9.59 Å². The van der Waals surface area contributed by atoms with Gasteiger partial charge in [0.05, 0.1) is 10.7 Å². The fraction of sp³-hybridized carbons (Fsp3) is 0.467. The standard InChI is InChI=1S/C15H17ClN2O2/c16-11-6-2-3-7-12(11)18-10-13(19)17-15(14(18)20)8-4-1-5-9-15/h2-3,6-7H,1,4-5,8-10H2,(H,17,19). The first kappa shape index (κ1) is 13.4. The van der Waals surface area contributed by atoms with Gasteiger partial charge in [0, 0.05) is 0 Å². The lowest BCUT2D eigenvalue weighted by atomic mass is 9.79. The summed E-state index contributed by atoms with van der Waals surface area (Å²) in [6.45, 7) is 0.0459. The molecule has 1 saturated carbocycles. The molecule has 3 rings (SSSR count). The summed E-state index contributed by atoms with van der Waals surface area (Å²) in [5.74, 6) is -0.128. The van der Waals surface area contributed by atoms with Gasteiger partial charge in [-0.1, -0.05) is 43.0 Å². The van der Waals surface area contributed by atoms with Crippen LogP contribution in [0.4, 0.5) is 5.69 Å². The molecule has 106 valence electrons. The van der Waals surface area contributed by atoms with Gasteiger partial charge in [-0.3, -0.25) is 14.5 Å². The number of piperazine rings is 1. The first-order valence-corrected chi connectivity index (χ1v) is 7.38. The highest BCUT2D eigenvalue weighted by Crippen LogP contribution is 2.35. The number of nitrogens with zero attached hydrogens (tertiary/aromatic N) is 1. The highest BCUT2D eigenvalue weighted by Gasteiger charge is 2.47. The summed E-state index contributed by atoms with van der Waals surface area (Å²) in [4.78, 5) is 26.4. The summed E-state index contributed by atoms with van der Waals surface area (Å²) in [5, 5.41) is 3.43. The van der Waals surface area contributed by atoms with Crippen molar-refractivity contribution in [1.29, 1.82) is 0 Å². The number of carbonyl (C=O) groups excluding carboxylic acids is 2. The average molecular weight is 293 g/mol. The molecule has 0 atom stereocenters. The Morgan fingerprint density at radius 1 is 1.10 bits per heavy atom. The lowest BCUT2D eigenvalue weighted by molar-refractivity contribution is -0.137. The fourth-order valence-corrected chi connectivity index (χ4v) is 3.43. The molecule has 5 heteroatoms. The topological polar surface area (TPSA) is 49.4 Å². The summed E-state index contributed by atoms with van der Waals surface area (Å²) < 4.78 is 0. The molecule has 0 radical (unpaired) electrons. The molecule has 0 bridgehead atoms. The quantitative estimate of drug-likeness (QED) is 0.864. The van der Waals surface area contributed by atoms with E-state index in [1.165, 1.54) is 4.90 Å². The fourth-order valence-electron chi connectivity index (χ4n) is 3.19. The number of hydrogen-bond acceptors (Lipinski definition) is 2. The molecule has 1 aliphatic carbocycles. The van der Waals surface area contributed by atoms with Crippen LogP contribution in [0.25, 0.3) is 0 Å². The van der Waals surface area contributed by atoms with Crippen LogP contribution in [0.1, 0.15) is 32.1 Å². The van der Waals surface area contributed by atoms with Gasteiger partial charge in [-0.25, -0.2) is 0 Å². The minimum absolute atomic E-state index is 0.0232. The molecule has 0 unspecified atom stereocenters. The molecule has 1 heterocycles. The van der Waals surface area contributed by atoms with Gasteiger partial charge < -0.3 is 5.32 Å². The molecule has 4 nitrogen and oxygen atoms in total. The number of rotatable bonds is 1. The molecule has 2 amide bonds. The van der Waals surface area contributed by atoms with Crippen LogP contribution in [-0.4, -0.2) is 23.9 Å². The van der Waals surface area contributed by atoms with Crippen LogP contribution in [0.3, 0.4) is 0 Å². The first-order valence-electron chi connectivity index (χ1n) is 7.00. The van der Waals surface area contributed by atoms with Crippen LogP contribution in [0.15, 0.2) is 24.3 Å². The van der Waals surface area contributed by atoms with E-state index in [1.807, 2.05) is 12.1 Å². The van der Waals surface area contributed by atoms with Gasteiger partial charge in [-0.05, 0) is 25.0 Å². The molecular weight excluding hydrogens is 276 g/mol. The molecular formula is C15H17ClN2O2. The number of benzene rings is 1. The third-order valence-electron chi connectivity index (χ3n) is 4.19. The van der Waals surface area contributed by atoms with Crippen molar-refractivity contribution in [1.82, 2.24) is 5.32 Å². The van der Waals surface area contributed by atoms with Crippen molar-refractivity contribution in [2.45, 2.75) is 37.6 Å². The maximum atomic E-state index is 12.9. The number of halogens is 1. The van der Waals surface area contributed by atoms with E-state index in [-0.39, 0.29) is 18.4 Å². The Morgan fingerprint density at radius 3 is 2.50 bits per heavy atom. The molecule has 0 aromatic heterocycles. The Hall–Kier alpha value is -1.55. The van der Waals surface area contributed by atoms with Crippen LogP contribution in [0.5, 0.6) is 0 Å². The summed E-state index contributed by atoms with van der Waals surface area (Å²) in [7, 11) is 0. The van der Waals surface area contributed by atoms with Gasteiger partial charge in [0.25, 0.3) is 5.91 Å². The van der Waals surface area contributed by atoms with Gasteiger partial charge in [0.1, 0.15) is 12.1 Å². The van der Waals surface area contributed by atoms with Crippen molar-refractivity contribution < 1.29 is 9.59 Å². The third-order valence-corrected chi connectivity index (χ3v) is 4.50. The predicted octanol–water partition coefficient (Wildman–Crippen LogP) is 2.51. The van der Waals surface area contributed by atoms with Gasteiger partial charge in [0.2, 0.25) is 5.91 Å². The predicted molar refractivity (Wildman–Crippen MR) is 77.8 cm³/mol. The van der Waals surface area contributed by atoms with E-state index in [0.717, 1.165) is 32.1 Å². The summed E-state index contributed by atoms with van der Waals surface area (Å²) in [6, 6.07) is 7.17. The van der Waals surface area contributed by atoms with E-state index in [2.05, 4.69) is 5.32 Å². The molecule has 2 fully saturated rings. The molecule has 1 N–H and O–H groups in total. The van der Waals surface area contributed by atoms with Crippen molar-refractivity contribution in [3.63, 3.8) is 0 Å². The average Bonchev–Trinajstić information content (AvgIpc) is 2.45. The van der Waals surface area contributed by atoms with E-state index in [4.69, 9.17) is 11.6 Å². The van der Waals surface area contributed by atoms with Crippen LogP contribution in [0, 0.1) is 0 Å². The van der Waals surface area contributed by atoms with E-state index in [9.17, 15) is 9.59 Å². The van der Waals surface area contributed by atoms with E-state index in [0.29, 0.717) is 10.7 Å². The minimum atomic E-state index is -0.716. The molecule has 2 aliphatic rings. The second kappa shape index (κ2) is 5.09. The Kier molecular flexibility index (Phi) is 3.42. The minimum Gasteiger partial charge on any atom is -0.340 e. The molecule has 1 aromatic rings. The third kappa shape index (κ3) is 2.18. The number of amides is 2. The van der Waals surface area contributed by atoms with Crippen molar-refractivity contribution >= 4 is 29.1 Å². The monoisotopic (exact) mass is 292 g/mol. The molecule has 1 aromatic carbocycles. The number of para-hydroxylation sites is 1. The Labute approximate surface area is 123 Å². The van der Waals surface area contributed by atoms with Crippen molar-refractivity contribution in [2.24, 2.45) is 0 Å². The molecule has 1 aliphatic heterocycles. The molecule has 1 spiro atoms. The second-order valence-corrected chi connectivity index (χ2v) is 5.94. The summed E-state index contributed by atoms with van der Waals surface area (Å²) in [6.07, 6.45) is 4.51. The van der Waals surface area contributed by atoms with E-state index in [1.54, 1.807) is 12.1 Å². The van der Waals surface area contributed by atoms with E-state index >= 15 is 0 Å². The zero-order valence-electron chi connectivity index (χ0n) is 11.2. The van der Waals surface area contributed by atoms with Crippen LogP contribution >= 0.6 is 11.6 Å². The second-order valence-electron chi connectivity index (χ2n) is 5.53. The van der Waals surface area contributed by atoms with Crippen molar-refractivity contribution in [2.75, 3.05) is 11.4 Å².